The number of aliphatic hydroxyl groups excluding tert-OH is 1. The molecular weight excluding hydrogens is 258 g/mol. The van der Waals surface area contributed by atoms with E-state index >= 15 is 0 Å². The van der Waals surface area contributed by atoms with Crippen LogP contribution < -0.4 is 5.32 Å². The van der Waals surface area contributed by atoms with Gasteiger partial charge in [0.2, 0.25) is 0 Å². The quantitative estimate of drug-likeness (QED) is 0.816. The number of hydrogen-bond donors (Lipinski definition) is 2. The van der Waals surface area contributed by atoms with Crippen molar-refractivity contribution in [3.05, 3.63) is 35.5 Å². The van der Waals surface area contributed by atoms with Gasteiger partial charge in [-0.25, -0.2) is 4.98 Å². The van der Waals surface area contributed by atoms with Gasteiger partial charge in [0.25, 0.3) is 0 Å². The Hall–Kier alpha value is -1.30. The summed E-state index contributed by atoms with van der Waals surface area (Å²) < 4.78 is 0. The summed E-state index contributed by atoms with van der Waals surface area (Å²) in [4.78, 5) is 8.87. The molecule has 0 fully saturated rings. The molecular formula is C14H19N3OS. The second-order valence-electron chi connectivity index (χ2n) is 4.51. The summed E-state index contributed by atoms with van der Waals surface area (Å²) in [5.74, 6) is 0. The molecule has 0 bridgehead atoms. The molecule has 102 valence electrons. The molecule has 2 aromatic rings. The van der Waals surface area contributed by atoms with Gasteiger partial charge in [-0.1, -0.05) is 6.07 Å². The van der Waals surface area contributed by atoms with Crippen molar-refractivity contribution in [3.8, 4) is 10.7 Å². The van der Waals surface area contributed by atoms with Crippen molar-refractivity contribution in [2.75, 3.05) is 6.61 Å². The molecule has 0 saturated carbocycles. The minimum Gasteiger partial charge on any atom is -0.396 e. The highest BCUT2D eigenvalue weighted by molar-refractivity contribution is 7.13. The first-order valence-electron chi connectivity index (χ1n) is 6.49. The smallest absolute Gasteiger partial charge is 0.142 e. The highest BCUT2D eigenvalue weighted by atomic mass is 32.1. The Morgan fingerprint density at radius 2 is 2.32 bits per heavy atom. The molecule has 2 aromatic heterocycles. The molecule has 2 N–H and O–H groups in total. The lowest BCUT2D eigenvalue weighted by Crippen LogP contribution is -2.25. The Balaban J connectivity index is 1.88. The number of nitrogens with one attached hydrogen (secondary N) is 1. The minimum absolute atomic E-state index is 0.256. The van der Waals surface area contributed by atoms with E-state index in [1.807, 2.05) is 18.2 Å². The van der Waals surface area contributed by atoms with Crippen molar-refractivity contribution in [3.63, 3.8) is 0 Å². The van der Waals surface area contributed by atoms with Crippen molar-refractivity contribution in [2.24, 2.45) is 0 Å². The normalized spacial score (nSPS) is 12.5. The first kappa shape index (κ1) is 14.1. The predicted molar refractivity (Wildman–Crippen MR) is 78.0 cm³/mol. The van der Waals surface area contributed by atoms with Crippen LogP contribution in [0.2, 0.25) is 0 Å². The zero-order valence-corrected chi connectivity index (χ0v) is 11.9. The first-order chi connectivity index (χ1) is 9.29. The van der Waals surface area contributed by atoms with Crippen LogP contribution in [0.15, 0.2) is 29.8 Å². The highest BCUT2D eigenvalue weighted by Gasteiger charge is 2.06. The Kier molecular flexibility index (Phi) is 5.44. The Morgan fingerprint density at radius 3 is 3.05 bits per heavy atom. The van der Waals surface area contributed by atoms with Crippen LogP contribution in [-0.4, -0.2) is 27.7 Å². The van der Waals surface area contributed by atoms with Crippen LogP contribution in [0.4, 0.5) is 0 Å². The average molecular weight is 277 g/mol. The predicted octanol–water partition coefficient (Wildman–Crippen LogP) is 2.46. The summed E-state index contributed by atoms with van der Waals surface area (Å²) in [6.07, 6.45) is 3.60. The fourth-order valence-corrected chi connectivity index (χ4v) is 2.57. The van der Waals surface area contributed by atoms with E-state index in [2.05, 4.69) is 27.6 Å². The summed E-state index contributed by atoms with van der Waals surface area (Å²) in [5, 5.41) is 15.2. The van der Waals surface area contributed by atoms with Gasteiger partial charge in [0.15, 0.2) is 0 Å². The lowest BCUT2D eigenvalue weighted by atomic mass is 10.2. The van der Waals surface area contributed by atoms with Crippen LogP contribution in [0.25, 0.3) is 10.7 Å². The topological polar surface area (TPSA) is 58.0 Å². The molecule has 0 radical (unpaired) electrons. The van der Waals surface area contributed by atoms with Crippen LogP contribution in [0, 0.1) is 0 Å². The standard InChI is InChI=1S/C14H19N3OS/c1-11(5-4-8-18)16-9-12-10-19-14(17-12)13-6-2-3-7-15-13/h2-3,6-7,10-11,16,18H,4-5,8-9H2,1H3. The van der Waals surface area contributed by atoms with Crippen molar-refractivity contribution >= 4 is 11.3 Å². The molecule has 0 aliphatic carbocycles. The number of rotatable bonds is 7. The van der Waals surface area contributed by atoms with Gasteiger partial charge in [0, 0.05) is 30.8 Å². The molecule has 0 aliphatic heterocycles. The van der Waals surface area contributed by atoms with Gasteiger partial charge < -0.3 is 10.4 Å². The van der Waals surface area contributed by atoms with Crippen molar-refractivity contribution in [2.45, 2.75) is 32.4 Å². The SMILES string of the molecule is CC(CCCO)NCc1csc(-c2ccccn2)n1. The maximum absolute atomic E-state index is 8.78. The van der Waals surface area contributed by atoms with Gasteiger partial charge in [-0.05, 0) is 31.9 Å². The lowest BCUT2D eigenvalue weighted by Gasteiger charge is -2.11. The van der Waals surface area contributed by atoms with Gasteiger partial charge >= 0.3 is 0 Å². The van der Waals surface area contributed by atoms with Crippen LogP contribution in [-0.2, 0) is 6.54 Å². The molecule has 5 heteroatoms. The van der Waals surface area contributed by atoms with Crippen LogP contribution in [0.1, 0.15) is 25.5 Å². The Labute approximate surface area is 117 Å². The monoisotopic (exact) mass is 277 g/mol. The van der Waals surface area contributed by atoms with Gasteiger partial charge in [0.05, 0.1) is 11.4 Å². The Bertz CT molecular complexity index is 486. The van der Waals surface area contributed by atoms with E-state index in [1.54, 1.807) is 17.5 Å². The molecule has 0 spiro atoms. The highest BCUT2D eigenvalue weighted by Crippen LogP contribution is 2.21. The molecule has 1 unspecified atom stereocenters. The maximum Gasteiger partial charge on any atom is 0.142 e. The minimum atomic E-state index is 0.256. The van der Waals surface area contributed by atoms with Gasteiger partial charge in [-0.15, -0.1) is 11.3 Å². The van der Waals surface area contributed by atoms with E-state index in [0.29, 0.717) is 6.04 Å². The summed E-state index contributed by atoms with van der Waals surface area (Å²) in [5.41, 5.74) is 1.97. The first-order valence-corrected chi connectivity index (χ1v) is 7.37. The number of pyridine rings is 1. The molecule has 4 nitrogen and oxygen atoms in total. The van der Waals surface area contributed by atoms with Crippen LogP contribution in [0.3, 0.4) is 0 Å². The summed E-state index contributed by atoms with van der Waals surface area (Å²) in [6.45, 7) is 3.14. The third-order valence-corrected chi connectivity index (χ3v) is 3.78. The summed E-state index contributed by atoms with van der Waals surface area (Å²) >= 11 is 1.62. The zero-order chi connectivity index (χ0) is 13.5. The molecule has 0 aliphatic rings. The fourth-order valence-electron chi connectivity index (χ4n) is 1.77. The summed E-state index contributed by atoms with van der Waals surface area (Å²) in [7, 11) is 0. The van der Waals surface area contributed by atoms with Gasteiger partial charge in [-0.3, -0.25) is 4.98 Å². The number of aromatic nitrogens is 2. The van der Waals surface area contributed by atoms with E-state index in [0.717, 1.165) is 35.8 Å². The van der Waals surface area contributed by atoms with E-state index in [4.69, 9.17) is 5.11 Å². The molecule has 0 aromatic carbocycles. The third-order valence-electron chi connectivity index (χ3n) is 2.86. The number of thiazole rings is 1. The zero-order valence-electron chi connectivity index (χ0n) is 11.0. The molecule has 1 atom stereocenters. The number of aliphatic hydroxyl groups is 1. The van der Waals surface area contributed by atoms with E-state index in [1.165, 1.54) is 0 Å². The molecule has 2 heterocycles. The van der Waals surface area contributed by atoms with Crippen molar-refractivity contribution in [1.82, 2.24) is 15.3 Å². The van der Waals surface area contributed by atoms with Crippen molar-refractivity contribution < 1.29 is 5.11 Å². The molecule has 2 rings (SSSR count). The van der Waals surface area contributed by atoms with Crippen molar-refractivity contribution in [1.29, 1.82) is 0 Å². The van der Waals surface area contributed by atoms with Crippen LogP contribution in [0.5, 0.6) is 0 Å². The summed E-state index contributed by atoms with van der Waals surface area (Å²) in [6, 6.07) is 6.24. The lowest BCUT2D eigenvalue weighted by molar-refractivity contribution is 0.276. The molecule has 0 amide bonds. The Morgan fingerprint density at radius 1 is 1.42 bits per heavy atom. The van der Waals surface area contributed by atoms with Gasteiger partial charge in [0.1, 0.15) is 5.01 Å². The average Bonchev–Trinajstić information content (AvgIpc) is 2.93. The third kappa shape index (κ3) is 4.38. The second kappa shape index (κ2) is 7.33. The number of nitrogens with zero attached hydrogens (tertiary/aromatic N) is 2. The van der Waals surface area contributed by atoms with E-state index in [-0.39, 0.29) is 6.61 Å². The van der Waals surface area contributed by atoms with E-state index in [9.17, 15) is 0 Å². The fraction of sp³-hybridized carbons (Fsp3) is 0.429. The van der Waals surface area contributed by atoms with Crippen LogP contribution >= 0.6 is 11.3 Å². The van der Waals surface area contributed by atoms with E-state index < -0.39 is 0 Å². The largest absolute Gasteiger partial charge is 0.396 e. The molecule has 0 saturated heterocycles. The molecule has 19 heavy (non-hydrogen) atoms. The second-order valence-corrected chi connectivity index (χ2v) is 5.36. The van der Waals surface area contributed by atoms with Gasteiger partial charge in [-0.2, -0.15) is 0 Å². The number of hydrogen-bond acceptors (Lipinski definition) is 5. The maximum atomic E-state index is 8.78.